The lowest BCUT2D eigenvalue weighted by Crippen LogP contribution is -2.44. The first kappa shape index (κ1) is 13.0. The lowest BCUT2D eigenvalue weighted by atomic mass is 10.3. The summed E-state index contributed by atoms with van der Waals surface area (Å²) in [7, 11) is 0. The van der Waals surface area contributed by atoms with Gasteiger partial charge in [-0.15, -0.1) is 5.10 Å². The molecule has 7 nitrogen and oxygen atoms in total. The maximum atomic E-state index is 11.8. The van der Waals surface area contributed by atoms with E-state index in [4.69, 9.17) is 4.74 Å². The van der Waals surface area contributed by atoms with Gasteiger partial charge in [0.1, 0.15) is 0 Å². The fraction of sp³-hybridized carbons (Fsp3) is 0.727. The first-order chi connectivity index (χ1) is 8.86. The van der Waals surface area contributed by atoms with Crippen LogP contribution in [0.5, 0.6) is 0 Å². The molecule has 0 spiro atoms. The van der Waals surface area contributed by atoms with Crippen LogP contribution in [0.1, 0.15) is 6.42 Å². The second kappa shape index (κ2) is 7.07. The molecule has 1 aromatic rings. The Morgan fingerprint density at radius 1 is 1.39 bits per heavy atom. The predicted molar refractivity (Wildman–Crippen MR) is 64.9 cm³/mol. The summed E-state index contributed by atoms with van der Waals surface area (Å²) < 4.78 is 6.99. The van der Waals surface area contributed by atoms with Crippen LogP contribution in [0, 0.1) is 0 Å². The molecule has 0 radical (unpaired) electrons. The summed E-state index contributed by atoms with van der Waals surface area (Å²) in [6.07, 6.45) is 4.42. The Balaban J connectivity index is 1.53. The Morgan fingerprint density at radius 3 is 2.94 bits per heavy atom. The second-order valence-corrected chi connectivity index (χ2v) is 4.19. The highest BCUT2D eigenvalue weighted by Crippen LogP contribution is 1.96. The van der Waals surface area contributed by atoms with Gasteiger partial charge < -0.3 is 15.0 Å². The van der Waals surface area contributed by atoms with E-state index in [1.807, 2.05) is 11.1 Å². The van der Waals surface area contributed by atoms with Crippen molar-refractivity contribution in [1.82, 2.24) is 25.2 Å². The molecule has 100 valence electrons. The Bertz CT molecular complexity index is 348. The van der Waals surface area contributed by atoms with Gasteiger partial charge in [0.15, 0.2) is 0 Å². The van der Waals surface area contributed by atoms with E-state index in [1.54, 1.807) is 10.9 Å². The molecule has 1 aromatic heterocycles. The molecular formula is C11H19N5O2. The van der Waals surface area contributed by atoms with Crippen molar-refractivity contribution >= 4 is 5.91 Å². The monoisotopic (exact) mass is 253 g/mol. The number of hydrogen-bond acceptors (Lipinski definition) is 5. The Hall–Kier alpha value is -1.47. The van der Waals surface area contributed by atoms with E-state index in [2.05, 4.69) is 15.6 Å². The largest absolute Gasteiger partial charge is 0.378 e. The highest BCUT2D eigenvalue weighted by molar-refractivity contribution is 5.78. The van der Waals surface area contributed by atoms with Gasteiger partial charge in [-0.2, -0.15) is 0 Å². The fourth-order valence-electron chi connectivity index (χ4n) is 1.84. The van der Waals surface area contributed by atoms with Crippen molar-refractivity contribution in [3.63, 3.8) is 0 Å². The summed E-state index contributed by atoms with van der Waals surface area (Å²) >= 11 is 0. The van der Waals surface area contributed by atoms with E-state index >= 15 is 0 Å². The third-order valence-electron chi connectivity index (χ3n) is 2.85. The number of carbonyl (C=O) groups excluding carboxylic acids is 1. The number of aromatic nitrogens is 3. The SMILES string of the molecule is O=C(CNCCCn1ccnn1)N1CCOCC1. The molecular weight excluding hydrogens is 234 g/mol. The molecule has 0 saturated carbocycles. The van der Waals surface area contributed by atoms with Gasteiger partial charge in [-0.1, -0.05) is 5.21 Å². The van der Waals surface area contributed by atoms with Gasteiger partial charge in [0, 0.05) is 25.8 Å². The van der Waals surface area contributed by atoms with Crippen molar-refractivity contribution in [1.29, 1.82) is 0 Å². The minimum absolute atomic E-state index is 0.152. The Labute approximate surface area is 106 Å². The molecule has 0 aliphatic carbocycles. The molecule has 2 heterocycles. The van der Waals surface area contributed by atoms with Gasteiger partial charge in [0.2, 0.25) is 5.91 Å². The van der Waals surface area contributed by atoms with E-state index in [0.717, 1.165) is 19.5 Å². The molecule has 1 aliphatic heterocycles. The van der Waals surface area contributed by atoms with Crippen LogP contribution in [0.2, 0.25) is 0 Å². The first-order valence-corrected chi connectivity index (χ1v) is 6.26. The minimum Gasteiger partial charge on any atom is -0.378 e. The minimum atomic E-state index is 0.152. The van der Waals surface area contributed by atoms with Crippen LogP contribution in [-0.2, 0) is 16.1 Å². The zero-order valence-electron chi connectivity index (χ0n) is 10.4. The number of aryl methyl sites for hydroxylation is 1. The molecule has 1 saturated heterocycles. The van der Waals surface area contributed by atoms with Gasteiger partial charge in [-0.05, 0) is 13.0 Å². The summed E-state index contributed by atoms with van der Waals surface area (Å²) in [6, 6.07) is 0. The van der Waals surface area contributed by atoms with E-state index in [0.29, 0.717) is 32.8 Å². The van der Waals surface area contributed by atoms with Gasteiger partial charge in [0.05, 0.1) is 26.0 Å². The summed E-state index contributed by atoms with van der Waals surface area (Å²) in [5.41, 5.74) is 0. The number of morpholine rings is 1. The fourth-order valence-corrected chi connectivity index (χ4v) is 1.84. The Kier molecular flexibility index (Phi) is 5.10. The molecule has 18 heavy (non-hydrogen) atoms. The quantitative estimate of drug-likeness (QED) is 0.666. The van der Waals surface area contributed by atoms with Crippen molar-refractivity contribution < 1.29 is 9.53 Å². The number of hydrogen-bond donors (Lipinski definition) is 1. The third kappa shape index (κ3) is 4.08. The second-order valence-electron chi connectivity index (χ2n) is 4.19. The van der Waals surface area contributed by atoms with Crippen LogP contribution in [0.3, 0.4) is 0 Å². The van der Waals surface area contributed by atoms with Crippen molar-refractivity contribution in [2.75, 3.05) is 39.4 Å². The van der Waals surface area contributed by atoms with Gasteiger partial charge in [-0.3, -0.25) is 9.48 Å². The first-order valence-electron chi connectivity index (χ1n) is 6.26. The maximum Gasteiger partial charge on any atom is 0.236 e. The lowest BCUT2D eigenvalue weighted by Gasteiger charge is -2.26. The van der Waals surface area contributed by atoms with Crippen LogP contribution in [0.15, 0.2) is 12.4 Å². The smallest absolute Gasteiger partial charge is 0.236 e. The normalized spacial score (nSPS) is 15.9. The van der Waals surface area contributed by atoms with E-state index < -0.39 is 0 Å². The molecule has 0 aromatic carbocycles. The van der Waals surface area contributed by atoms with Crippen molar-refractivity contribution in [3.8, 4) is 0 Å². The maximum absolute atomic E-state index is 11.8. The van der Waals surface area contributed by atoms with Crippen molar-refractivity contribution in [2.45, 2.75) is 13.0 Å². The standard InChI is InChI=1S/C11H19N5O2/c17-11(15-6-8-18-9-7-15)10-12-2-1-4-16-5-3-13-14-16/h3,5,12H,1-2,4,6-10H2. The number of carbonyl (C=O) groups is 1. The van der Waals surface area contributed by atoms with Crippen LogP contribution in [0.4, 0.5) is 0 Å². The van der Waals surface area contributed by atoms with Crippen LogP contribution in [0.25, 0.3) is 0 Å². The third-order valence-corrected chi connectivity index (χ3v) is 2.85. The topological polar surface area (TPSA) is 72.3 Å². The molecule has 0 unspecified atom stereocenters. The molecule has 1 N–H and O–H groups in total. The van der Waals surface area contributed by atoms with Crippen molar-refractivity contribution in [2.24, 2.45) is 0 Å². The van der Waals surface area contributed by atoms with E-state index in [-0.39, 0.29) is 5.91 Å². The Morgan fingerprint density at radius 2 is 2.22 bits per heavy atom. The summed E-state index contributed by atoms with van der Waals surface area (Å²) in [6.45, 7) is 4.74. The van der Waals surface area contributed by atoms with Crippen LogP contribution in [-0.4, -0.2) is 65.2 Å². The predicted octanol–water partition coefficient (Wildman–Crippen LogP) is -0.883. The van der Waals surface area contributed by atoms with Crippen LogP contribution >= 0.6 is 0 Å². The highest BCUT2D eigenvalue weighted by atomic mass is 16.5. The van der Waals surface area contributed by atoms with Gasteiger partial charge in [-0.25, -0.2) is 0 Å². The molecule has 1 amide bonds. The number of nitrogens with zero attached hydrogens (tertiary/aromatic N) is 4. The number of rotatable bonds is 6. The zero-order valence-corrected chi connectivity index (χ0v) is 10.4. The molecule has 1 fully saturated rings. The van der Waals surface area contributed by atoms with Gasteiger partial charge in [0.25, 0.3) is 0 Å². The zero-order chi connectivity index (χ0) is 12.6. The molecule has 2 rings (SSSR count). The molecule has 0 bridgehead atoms. The lowest BCUT2D eigenvalue weighted by molar-refractivity contribution is -0.134. The highest BCUT2D eigenvalue weighted by Gasteiger charge is 2.15. The van der Waals surface area contributed by atoms with Crippen molar-refractivity contribution in [3.05, 3.63) is 12.4 Å². The van der Waals surface area contributed by atoms with Gasteiger partial charge >= 0.3 is 0 Å². The summed E-state index contributed by atoms with van der Waals surface area (Å²) in [5, 5.41) is 10.8. The molecule has 0 atom stereocenters. The summed E-state index contributed by atoms with van der Waals surface area (Å²) in [5.74, 6) is 0.152. The summed E-state index contributed by atoms with van der Waals surface area (Å²) in [4.78, 5) is 13.6. The average molecular weight is 253 g/mol. The average Bonchev–Trinajstić information content (AvgIpc) is 2.92. The number of ether oxygens (including phenoxy) is 1. The molecule has 1 aliphatic rings. The number of amides is 1. The van der Waals surface area contributed by atoms with E-state index in [9.17, 15) is 4.79 Å². The molecule has 7 heteroatoms. The van der Waals surface area contributed by atoms with Crippen LogP contribution < -0.4 is 5.32 Å². The van der Waals surface area contributed by atoms with E-state index in [1.165, 1.54) is 0 Å². The number of nitrogens with one attached hydrogen (secondary N) is 1.